The Morgan fingerprint density at radius 1 is 1.43 bits per heavy atom. The number of rotatable bonds is 6. The van der Waals surface area contributed by atoms with Gasteiger partial charge in [0.15, 0.2) is 0 Å². The van der Waals surface area contributed by atoms with Crippen LogP contribution in [0.1, 0.15) is 16.3 Å². The number of nitrogens with zero attached hydrogens (tertiary/aromatic N) is 1. The summed E-state index contributed by atoms with van der Waals surface area (Å²) in [5, 5.41) is 15.1. The predicted octanol–water partition coefficient (Wildman–Crippen LogP) is 1.39. The second-order valence-electron chi connectivity index (χ2n) is 4.88. The molecule has 2 rings (SSSR count). The summed E-state index contributed by atoms with van der Waals surface area (Å²) >= 11 is 1.60. The zero-order chi connectivity index (χ0) is 15.2. The average molecular weight is 305 g/mol. The Hall–Kier alpha value is -1.92. The van der Waals surface area contributed by atoms with E-state index in [1.54, 1.807) is 35.6 Å². The van der Waals surface area contributed by atoms with E-state index in [1.165, 1.54) is 0 Å². The maximum atomic E-state index is 11.9. The number of aromatic nitrogens is 1. The summed E-state index contributed by atoms with van der Waals surface area (Å²) in [5.41, 5.74) is 7.80. The monoisotopic (exact) mass is 305 g/mol. The van der Waals surface area contributed by atoms with E-state index in [0.29, 0.717) is 19.4 Å². The molecular weight excluding hydrogens is 286 g/mol. The van der Waals surface area contributed by atoms with E-state index in [0.717, 1.165) is 16.3 Å². The van der Waals surface area contributed by atoms with Gasteiger partial charge in [-0.15, -0.1) is 11.3 Å². The minimum Gasteiger partial charge on any atom is -0.508 e. The fourth-order valence-electron chi connectivity index (χ4n) is 1.95. The third-order valence-electron chi connectivity index (χ3n) is 3.08. The molecule has 5 nitrogen and oxygen atoms in total. The number of nitrogens with one attached hydrogen (secondary N) is 1. The largest absolute Gasteiger partial charge is 0.508 e. The van der Waals surface area contributed by atoms with E-state index in [-0.39, 0.29) is 11.7 Å². The second-order valence-corrected chi connectivity index (χ2v) is 5.94. The van der Waals surface area contributed by atoms with Crippen LogP contribution >= 0.6 is 11.3 Å². The van der Waals surface area contributed by atoms with Crippen LogP contribution in [0.4, 0.5) is 0 Å². The van der Waals surface area contributed by atoms with E-state index in [4.69, 9.17) is 5.73 Å². The number of phenols is 1. The molecule has 1 heterocycles. The maximum Gasteiger partial charge on any atom is 0.237 e. The van der Waals surface area contributed by atoms with Crippen molar-refractivity contribution in [3.63, 3.8) is 0 Å². The van der Waals surface area contributed by atoms with E-state index in [1.807, 2.05) is 12.3 Å². The molecule has 2 aromatic rings. The van der Waals surface area contributed by atoms with Gasteiger partial charge in [0, 0.05) is 18.3 Å². The van der Waals surface area contributed by atoms with Crippen LogP contribution in [0.2, 0.25) is 0 Å². The number of aryl methyl sites for hydroxylation is 1. The summed E-state index contributed by atoms with van der Waals surface area (Å²) in [4.78, 5) is 16.2. The number of nitrogens with two attached hydrogens (primary N) is 1. The molecule has 0 spiro atoms. The van der Waals surface area contributed by atoms with Gasteiger partial charge in [-0.05, 0) is 31.0 Å². The van der Waals surface area contributed by atoms with Gasteiger partial charge in [-0.2, -0.15) is 0 Å². The molecule has 1 amide bonds. The van der Waals surface area contributed by atoms with Crippen LogP contribution in [0.5, 0.6) is 5.75 Å². The minimum atomic E-state index is -0.591. The third-order valence-corrected chi connectivity index (χ3v) is 3.90. The average Bonchev–Trinajstić information content (AvgIpc) is 2.87. The summed E-state index contributed by atoms with van der Waals surface area (Å²) in [6.45, 7) is 2.49. The van der Waals surface area contributed by atoms with Crippen molar-refractivity contribution in [3.05, 3.63) is 45.9 Å². The Kier molecular flexibility index (Phi) is 5.30. The van der Waals surface area contributed by atoms with Crippen molar-refractivity contribution in [2.45, 2.75) is 25.8 Å². The number of carbonyl (C=O) groups is 1. The molecule has 0 aliphatic heterocycles. The minimum absolute atomic E-state index is 0.171. The Balaban J connectivity index is 1.75. The second kappa shape index (κ2) is 7.19. The first-order chi connectivity index (χ1) is 10.0. The zero-order valence-electron chi connectivity index (χ0n) is 11.9. The van der Waals surface area contributed by atoms with Crippen LogP contribution in [-0.4, -0.2) is 28.6 Å². The highest BCUT2D eigenvalue weighted by Gasteiger charge is 2.13. The lowest BCUT2D eigenvalue weighted by atomic mass is 10.1. The number of phenolic OH excluding ortho intramolecular Hbond substituents is 1. The Morgan fingerprint density at radius 3 is 2.76 bits per heavy atom. The normalized spacial score (nSPS) is 12.1. The lowest BCUT2D eigenvalue weighted by Gasteiger charge is -2.12. The lowest BCUT2D eigenvalue weighted by molar-refractivity contribution is -0.122. The van der Waals surface area contributed by atoms with Crippen molar-refractivity contribution in [1.82, 2.24) is 10.3 Å². The molecule has 0 saturated carbocycles. The van der Waals surface area contributed by atoms with Gasteiger partial charge in [0.05, 0.1) is 16.7 Å². The van der Waals surface area contributed by atoms with Crippen molar-refractivity contribution >= 4 is 17.2 Å². The molecule has 112 valence electrons. The summed E-state index contributed by atoms with van der Waals surface area (Å²) in [6.07, 6.45) is 1.16. The Morgan fingerprint density at radius 2 is 2.14 bits per heavy atom. The van der Waals surface area contributed by atoms with E-state index >= 15 is 0 Å². The first-order valence-corrected chi connectivity index (χ1v) is 7.65. The van der Waals surface area contributed by atoms with Crippen molar-refractivity contribution in [2.24, 2.45) is 5.73 Å². The summed E-state index contributed by atoms with van der Waals surface area (Å²) < 4.78 is 0. The number of hydrogen-bond acceptors (Lipinski definition) is 5. The number of carbonyl (C=O) groups excluding carboxylic acids is 1. The van der Waals surface area contributed by atoms with Crippen LogP contribution in [-0.2, 0) is 17.6 Å². The molecule has 0 saturated heterocycles. The van der Waals surface area contributed by atoms with E-state index in [2.05, 4.69) is 10.3 Å². The van der Waals surface area contributed by atoms with Crippen molar-refractivity contribution in [3.8, 4) is 5.75 Å². The number of aromatic hydroxyl groups is 1. The van der Waals surface area contributed by atoms with Crippen LogP contribution < -0.4 is 11.1 Å². The van der Waals surface area contributed by atoms with Gasteiger partial charge in [-0.1, -0.05) is 12.1 Å². The number of thiazole rings is 1. The molecule has 6 heteroatoms. The van der Waals surface area contributed by atoms with E-state index in [9.17, 15) is 9.90 Å². The topological polar surface area (TPSA) is 88.2 Å². The van der Waals surface area contributed by atoms with Crippen LogP contribution in [0.25, 0.3) is 0 Å². The molecule has 21 heavy (non-hydrogen) atoms. The summed E-state index contributed by atoms with van der Waals surface area (Å²) in [5.74, 6) is 0.0327. The van der Waals surface area contributed by atoms with Gasteiger partial charge in [0.2, 0.25) is 5.91 Å². The van der Waals surface area contributed by atoms with Crippen LogP contribution in [0.15, 0.2) is 29.6 Å². The molecule has 0 fully saturated rings. The molecule has 4 N–H and O–H groups in total. The van der Waals surface area contributed by atoms with Gasteiger partial charge in [-0.25, -0.2) is 4.98 Å². The maximum absolute atomic E-state index is 11.9. The predicted molar refractivity (Wildman–Crippen MR) is 83.4 cm³/mol. The molecule has 0 radical (unpaired) electrons. The van der Waals surface area contributed by atoms with Gasteiger partial charge >= 0.3 is 0 Å². The molecule has 1 aromatic carbocycles. The summed E-state index contributed by atoms with van der Waals surface area (Å²) in [7, 11) is 0. The number of hydrogen-bond donors (Lipinski definition) is 3. The van der Waals surface area contributed by atoms with Gasteiger partial charge in [0.25, 0.3) is 0 Å². The highest BCUT2D eigenvalue weighted by atomic mass is 32.1. The molecule has 1 atom stereocenters. The summed E-state index contributed by atoms with van der Waals surface area (Å²) in [6, 6.07) is 6.11. The third kappa shape index (κ3) is 4.84. The Labute approximate surface area is 127 Å². The molecule has 0 aliphatic carbocycles. The first kappa shape index (κ1) is 15.5. The van der Waals surface area contributed by atoms with Gasteiger partial charge in [-0.3, -0.25) is 4.79 Å². The molecule has 1 aromatic heterocycles. The van der Waals surface area contributed by atoms with Crippen molar-refractivity contribution in [1.29, 1.82) is 0 Å². The molecule has 0 aliphatic rings. The fraction of sp³-hybridized carbons (Fsp3) is 0.333. The zero-order valence-corrected chi connectivity index (χ0v) is 12.7. The van der Waals surface area contributed by atoms with Crippen LogP contribution in [0.3, 0.4) is 0 Å². The molecule has 0 bridgehead atoms. The number of amides is 1. The smallest absolute Gasteiger partial charge is 0.237 e. The van der Waals surface area contributed by atoms with Crippen molar-refractivity contribution < 1.29 is 9.90 Å². The molecular formula is C15H19N3O2S. The highest BCUT2D eigenvalue weighted by molar-refractivity contribution is 7.09. The van der Waals surface area contributed by atoms with Gasteiger partial charge < -0.3 is 16.2 Å². The number of benzene rings is 1. The van der Waals surface area contributed by atoms with Gasteiger partial charge in [0.1, 0.15) is 5.75 Å². The van der Waals surface area contributed by atoms with Crippen LogP contribution in [0, 0.1) is 6.92 Å². The highest BCUT2D eigenvalue weighted by Crippen LogP contribution is 2.11. The van der Waals surface area contributed by atoms with E-state index < -0.39 is 6.04 Å². The van der Waals surface area contributed by atoms with Crippen molar-refractivity contribution in [2.75, 3.05) is 6.54 Å². The quantitative estimate of drug-likeness (QED) is 0.752. The SMILES string of the molecule is Cc1nc(CCNC(=O)[C@@H](N)Cc2ccc(O)cc2)cs1. The first-order valence-electron chi connectivity index (χ1n) is 6.77. The standard InChI is InChI=1S/C15H19N3O2S/c1-10-18-12(9-21-10)6-7-17-15(20)14(16)8-11-2-4-13(19)5-3-11/h2-5,9,14,19H,6-8,16H2,1H3,(H,17,20)/t14-/m0/s1. The molecule has 0 unspecified atom stereocenters. The Bertz CT molecular complexity index is 595. The lowest BCUT2D eigenvalue weighted by Crippen LogP contribution is -2.42. The fourth-order valence-corrected chi connectivity index (χ4v) is 2.59.